The van der Waals surface area contributed by atoms with Crippen LogP contribution < -0.4 is 4.74 Å². The van der Waals surface area contributed by atoms with Crippen LogP contribution in [0.25, 0.3) is 10.4 Å². The average molecular weight is 287 g/mol. The molecule has 7 nitrogen and oxygen atoms in total. The Morgan fingerprint density at radius 3 is 3.00 bits per heavy atom. The van der Waals surface area contributed by atoms with Gasteiger partial charge in [0, 0.05) is 16.9 Å². The van der Waals surface area contributed by atoms with E-state index in [2.05, 4.69) is 16.6 Å². The first-order valence-electron chi connectivity index (χ1n) is 6.15. The highest BCUT2D eigenvalue weighted by atomic mass is 16.5. The zero-order chi connectivity index (χ0) is 15.5. The Bertz CT molecular complexity index is 664. The molecule has 1 aliphatic rings. The monoisotopic (exact) mass is 287 g/mol. The van der Waals surface area contributed by atoms with Gasteiger partial charge in [0.15, 0.2) is 5.78 Å². The normalized spacial score (nSPS) is 19.4. The minimum absolute atomic E-state index is 0.0433. The van der Waals surface area contributed by atoms with Crippen molar-refractivity contribution in [3.8, 4) is 5.75 Å². The number of benzene rings is 1. The van der Waals surface area contributed by atoms with Crippen molar-refractivity contribution >= 4 is 11.8 Å². The number of fused-ring (bicyclic) bond motifs is 1. The molecule has 0 radical (unpaired) electrons. The zero-order valence-corrected chi connectivity index (χ0v) is 11.4. The molecule has 1 atom stereocenters. The number of carbonyl (C=O) groups excluding carboxylic acids is 2. The lowest BCUT2D eigenvalue weighted by Crippen LogP contribution is -2.43. The Morgan fingerprint density at radius 1 is 1.62 bits per heavy atom. The van der Waals surface area contributed by atoms with Gasteiger partial charge in [-0.1, -0.05) is 17.8 Å². The van der Waals surface area contributed by atoms with Gasteiger partial charge in [-0.3, -0.25) is 9.59 Å². The van der Waals surface area contributed by atoms with Gasteiger partial charge in [-0.15, -0.1) is 0 Å². The van der Waals surface area contributed by atoms with Crippen molar-refractivity contribution in [3.63, 3.8) is 0 Å². The van der Waals surface area contributed by atoms with E-state index in [9.17, 15) is 9.59 Å². The third-order valence-electron chi connectivity index (χ3n) is 3.26. The van der Waals surface area contributed by atoms with Crippen molar-refractivity contribution < 1.29 is 19.1 Å². The third kappa shape index (κ3) is 2.34. The molecule has 1 aliphatic carbocycles. The Morgan fingerprint density at radius 2 is 2.38 bits per heavy atom. The maximum atomic E-state index is 12.5. The summed E-state index contributed by atoms with van der Waals surface area (Å²) in [4.78, 5) is 27.3. The summed E-state index contributed by atoms with van der Waals surface area (Å²) in [7, 11) is 1.50. The van der Waals surface area contributed by atoms with Crippen LogP contribution in [0.4, 0.5) is 0 Å². The smallest absolute Gasteiger partial charge is 0.326 e. The van der Waals surface area contributed by atoms with E-state index < -0.39 is 17.3 Å². The number of hydrogen-bond donors (Lipinski definition) is 0. The quantitative estimate of drug-likeness (QED) is 0.207. The molecule has 1 aromatic rings. The zero-order valence-electron chi connectivity index (χ0n) is 11.4. The summed E-state index contributed by atoms with van der Waals surface area (Å²) in [6.45, 7) is 3.37. The van der Waals surface area contributed by atoms with Crippen LogP contribution in [0.1, 0.15) is 15.9 Å². The van der Waals surface area contributed by atoms with E-state index >= 15 is 0 Å². The maximum Gasteiger partial charge on any atom is 0.326 e. The molecule has 7 heteroatoms. The summed E-state index contributed by atoms with van der Waals surface area (Å²) >= 11 is 0. The molecule has 0 bridgehead atoms. The molecule has 1 unspecified atom stereocenters. The Kier molecular flexibility index (Phi) is 3.95. The second-order valence-electron chi connectivity index (χ2n) is 4.47. The van der Waals surface area contributed by atoms with Gasteiger partial charge in [-0.25, -0.2) is 0 Å². The van der Waals surface area contributed by atoms with Crippen LogP contribution in [-0.4, -0.2) is 31.0 Å². The summed E-state index contributed by atoms with van der Waals surface area (Å²) in [5.41, 5.74) is 7.75. The molecule has 0 fully saturated rings. The second kappa shape index (κ2) is 5.68. The first-order chi connectivity index (χ1) is 10.1. The molecular formula is C14H13N3O4. The highest BCUT2D eigenvalue weighted by molar-refractivity contribution is 6.20. The highest BCUT2D eigenvalue weighted by Crippen LogP contribution is 2.36. The fraction of sp³-hybridized carbons (Fsp3) is 0.286. The van der Waals surface area contributed by atoms with Crippen molar-refractivity contribution in [2.45, 2.75) is 12.0 Å². The van der Waals surface area contributed by atoms with Crippen LogP contribution in [-0.2, 0) is 16.0 Å². The summed E-state index contributed by atoms with van der Waals surface area (Å²) in [6, 6.07) is 4.80. The number of carbonyl (C=O) groups is 2. The topological polar surface area (TPSA) is 101 Å². The molecule has 108 valence electrons. The van der Waals surface area contributed by atoms with Gasteiger partial charge in [-0.05, 0) is 29.3 Å². The molecule has 0 saturated heterocycles. The van der Waals surface area contributed by atoms with Crippen LogP contribution in [0, 0.1) is 0 Å². The molecule has 2 rings (SSSR count). The Labute approximate surface area is 120 Å². The van der Waals surface area contributed by atoms with Gasteiger partial charge in [0.1, 0.15) is 12.4 Å². The minimum Gasteiger partial charge on any atom is -0.497 e. The molecule has 1 aromatic carbocycles. The van der Waals surface area contributed by atoms with Gasteiger partial charge in [0.2, 0.25) is 5.54 Å². The lowest BCUT2D eigenvalue weighted by Gasteiger charge is -2.18. The number of nitrogens with zero attached hydrogens (tertiary/aromatic N) is 3. The van der Waals surface area contributed by atoms with Crippen LogP contribution >= 0.6 is 0 Å². The van der Waals surface area contributed by atoms with Crippen molar-refractivity contribution in [3.05, 3.63) is 52.4 Å². The summed E-state index contributed by atoms with van der Waals surface area (Å²) in [6.07, 6.45) is 1.33. The number of hydrogen-bond acceptors (Lipinski definition) is 5. The maximum absolute atomic E-state index is 12.5. The molecule has 0 aromatic heterocycles. The first-order valence-corrected chi connectivity index (χ1v) is 6.15. The standard InChI is InChI=1S/C14H13N3O4/c1-3-6-21-13(19)14(16-17-15)8-9-7-10(20-2)4-5-11(9)12(14)18/h3-5,7H,1,6,8H2,2H3. The predicted molar refractivity (Wildman–Crippen MR) is 74.1 cm³/mol. The summed E-state index contributed by atoms with van der Waals surface area (Å²) < 4.78 is 10.00. The van der Waals surface area contributed by atoms with Crippen molar-refractivity contribution in [2.24, 2.45) is 5.11 Å². The molecule has 0 amide bonds. The van der Waals surface area contributed by atoms with E-state index in [1.165, 1.54) is 13.2 Å². The van der Waals surface area contributed by atoms with Crippen molar-refractivity contribution in [1.82, 2.24) is 0 Å². The van der Waals surface area contributed by atoms with Gasteiger partial charge in [0.05, 0.1) is 7.11 Å². The lowest BCUT2D eigenvalue weighted by molar-refractivity contribution is -0.146. The number of methoxy groups -OCH3 is 1. The average Bonchev–Trinajstić information content (AvgIpc) is 2.78. The largest absolute Gasteiger partial charge is 0.497 e. The van der Waals surface area contributed by atoms with Crippen LogP contribution in [0.3, 0.4) is 0 Å². The Balaban J connectivity index is 2.46. The predicted octanol–water partition coefficient (Wildman–Crippen LogP) is 2.21. The number of rotatable bonds is 5. The van der Waals surface area contributed by atoms with Gasteiger partial charge < -0.3 is 9.47 Å². The molecular weight excluding hydrogens is 274 g/mol. The van der Waals surface area contributed by atoms with Gasteiger partial charge in [0.25, 0.3) is 0 Å². The summed E-state index contributed by atoms with van der Waals surface area (Å²) in [5.74, 6) is -0.884. The number of esters is 1. The van der Waals surface area contributed by atoms with E-state index in [1.807, 2.05) is 0 Å². The third-order valence-corrected chi connectivity index (χ3v) is 3.26. The van der Waals surface area contributed by atoms with Crippen molar-refractivity contribution in [2.75, 3.05) is 13.7 Å². The van der Waals surface area contributed by atoms with Crippen molar-refractivity contribution in [1.29, 1.82) is 0 Å². The molecule has 21 heavy (non-hydrogen) atoms. The first kappa shape index (κ1) is 14.6. The Hall–Kier alpha value is -2.79. The highest BCUT2D eigenvalue weighted by Gasteiger charge is 2.52. The molecule has 0 spiro atoms. The van der Waals surface area contributed by atoms with E-state index in [0.29, 0.717) is 16.9 Å². The number of ether oxygens (including phenoxy) is 2. The van der Waals surface area contributed by atoms with Crippen LogP contribution in [0.2, 0.25) is 0 Å². The fourth-order valence-corrected chi connectivity index (χ4v) is 2.26. The van der Waals surface area contributed by atoms with E-state index in [-0.39, 0.29) is 13.0 Å². The number of Topliss-reactive ketones (excluding diaryl/α,β-unsaturated/α-hetero) is 1. The number of azide groups is 1. The van der Waals surface area contributed by atoms with Gasteiger partial charge in [-0.2, -0.15) is 0 Å². The van der Waals surface area contributed by atoms with E-state index in [4.69, 9.17) is 15.0 Å². The van der Waals surface area contributed by atoms with Crippen LogP contribution in [0.15, 0.2) is 36.0 Å². The van der Waals surface area contributed by atoms with Gasteiger partial charge >= 0.3 is 5.97 Å². The lowest BCUT2D eigenvalue weighted by atomic mass is 9.96. The molecule has 0 saturated carbocycles. The van der Waals surface area contributed by atoms with E-state index in [0.717, 1.165) is 0 Å². The minimum atomic E-state index is -1.88. The van der Waals surface area contributed by atoms with Crippen LogP contribution in [0.5, 0.6) is 5.75 Å². The van der Waals surface area contributed by atoms with E-state index in [1.54, 1.807) is 18.2 Å². The molecule has 0 heterocycles. The second-order valence-corrected chi connectivity index (χ2v) is 4.47. The fourth-order valence-electron chi connectivity index (χ4n) is 2.26. The molecule has 0 N–H and O–H groups in total. The molecule has 0 aliphatic heterocycles. The SMILES string of the molecule is C=CCOC(=O)C1(N=[N+]=[N-])Cc2cc(OC)ccc2C1=O. The summed E-state index contributed by atoms with van der Waals surface area (Å²) in [5, 5.41) is 3.44. The number of ketones is 1.